The number of aromatic nitrogens is 2. The summed E-state index contributed by atoms with van der Waals surface area (Å²) in [5, 5.41) is 0.0640. The van der Waals surface area contributed by atoms with Crippen molar-refractivity contribution in [3.8, 4) is 0 Å². The van der Waals surface area contributed by atoms with Crippen LogP contribution in [-0.4, -0.2) is 15.7 Å². The fourth-order valence-electron chi connectivity index (χ4n) is 1.45. The first kappa shape index (κ1) is 12.0. The van der Waals surface area contributed by atoms with Gasteiger partial charge in [-0.15, -0.1) is 0 Å². The molecule has 0 aliphatic heterocycles. The van der Waals surface area contributed by atoms with E-state index in [1.807, 2.05) is 6.92 Å². The molecule has 0 bridgehead atoms. The summed E-state index contributed by atoms with van der Waals surface area (Å²) in [7, 11) is 0. The SMILES string of the molecule is CCSCc1nc2cc(F)c(F)cc2c(=O)[nH]1. The van der Waals surface area contributed by atoms with Crippen molar-refractivity contribution in [2.24, 2.45) is 0 Å². The van der Waals surface area contributed by atoms with Crippen molar-refractivity contribution in [1.29, 1.82) is 0 Å². The van der Waals surface area contributed by atoms with Crippen LogP contribution in [-0.2, 0) is 5.75 Å². The average Bonchev–Trinajstić information content (AvgIpc) is 2.29. The Morgan fingerprint density at radius 2 is 2.06 bits per heavy atom. The first-order valence-corrected chi connectivity index (χ1v) is 6.23. The molecule has 0 spiro atoms. The van der Waals surface area contributed by atoms with Gasteiger partial charge in [0.25, 0.3) is 5.56 Å². The molecule has 3 nitrogen and oxygen atoms in total. The highest BCUT2D eigenvalue weighted by Gasteiger charge is 2.09. The lowest BCUT2D eigenvalue weighted by molar-refractivity contribution is 0.510. The second-order valence-corrected chi connectivity index (χ2v) is 4.71. The third-order valence-corrected chi connectivity index (χ3v) is 3.13. The second kappa shape index (κ2) is 4.83. The van der Waals surface area contributed by atoms with E-state index >= 15 is 0 Å². The van der Waals surface area contributed by atoms with Gasteiger partial charge in [0.15, 0.2) is 11.6 Å². The van der Waals surface area contributed by atoms with Crippen LogP contribution in [0.2, 0.25) is 0 Å². The van der Waals surface area contributed by atoms with Crippen LogP contribution < -0.4 is 5.56 Å². The van der Waals surface area contributed by atoms with Gasteiger partial charge < -0.3 is 4.98 Å². The summed E-state index contributed by atoms with van der Waals surface area (Å²) in [5.74, 6) is -0.134. The molecule has 17 heavy (non-hydrogen) atoms. The van der Waals surface area contributed by atoms with Crippen LogP contribution in [0.1, 0.15) is 12.7 Å². The van der Waals surface area contributed by atoms with E-state index in [0.29, 0.717) is 11.6 Å². The molecular weight excluding hydrogens is 246 g/mol. The number of H-pyrrole nitrogens is 1. The monoisotopic (exact) mass is 256 g/mol. The smallest absolute Gasteiger partial charge is 0.258 e. The van der Waals surface area contributed by atoms with E-state index in [-0.39, 0.29) is 10.9 Å². The average molecular weight is 256 g/mol. The maximum atomic E-state index is 13.0. The molecule has 0 radical (unpaired) electrons. The van der Waals surface area contributed by atoms with Crippen molar-refractivity contribution < 1.29 is 8.78 Å². The lowest BCUT2D eigenvalue weighted by Gasteiger charge is -2.02. The minimum atomic E-state index is -1.04. The third kappa shape index (κ3) is 2.46. The molecule has 0 saturated heterocycles. The van der Waals surface area contributed by atoms with Crippen LogP contribution in [0.15, 0.2) is 16.9 Å². The summed E-state index contributed by atoms with van der Waals surface area (Å²) in [5.41, 5.74) is -0.264. The lowest BCUT2D eigenvalue weighted by Crippen LogP contribution is -2.12. The number of rotatable bonds is 3. The molecule has 0 fully saturated rings. The van der Waals surface area contributed by atoms with E-state index in [4.69, 9.17) is 0 Å². The van der Waals surface area contributed by atoms with Gasteiger partial charge >= 0.3 is 0 Å². The molecule has 0 atom stereocenters. The van der Waals surface area contributed by atoms with Gasteiger partial charge in [-0.25, -0.2) is 13.8 Å². The van der Waals surface area contributed by atoms with Crippen molar-refractivity contribution in [3.63, 3.8) is 0 Å². The zero-order chi connectivity index (χ0) is 12.4. The Hall–Kier alpha value is -1.43. The lowest BCUT2D eigenvalue weighted by atomic mass is 10.2. The number of fused-ring (bicyclic) bond motifs is 1. The number of benzene rings is 1. The number of hydrogen-bond donors (Lipinski definition) is 1. The topological polar surface area (TPSA) is 45.8 Å². The van der Waals surface area contributed by atoms with E-state index in [1.165, 1.54) is 0 Å². The van der Waals surface area contributed by atoms with Gasteiger partial charge in [-0.3, -0.25) is 4.79 Å². The molecule has 0 unspecified atom stereocenters. The highest BCUT2D eigenvalue weighted by Crippen LogP contribution is 2.15. The van der Waals surface area contributed by atoms with E-state index in [9.17, 15) is 13.6 Å². The Morgan fingerprint density at radius 1 is 1.35 bits per heavy atom. The first-order valence-electron chi connectivity index (χ1n) is 5.07. The van der Waals surface area contributed by atoms with Gasteiger partial charge in [0.05, 0.1) is 16.7 Å². The molecule has 0 aliphatic carbocycles. The minimum Gasteiger partial charge on any atom is -0.309 e. The third-order valence-electron chi connectivity index (χ3n) is 2.24. The Bertz CT molecular complexity index is 612. The van der Waals surface area contributed by atoms with Gasteiger partial charge in [-0.2, -0.15) is 11.8 Å². The zero-order valence-corrected chi connectivity index (χ0v) is 9.91. The highest BCUT2D eigenvalue weighted by molar-refractivity contribution is 7.98. The minimum absolute atomic E-state index is 0.0640. The normalized spacial score (nSPS) is 11.0. The van der Waals surface area contributed by atoms with Crippen LogP contribution >= 0.6 is 11.8 Å². The quantitative estimate of drug-likeness (QED) is 0.917. The van der Waals surface area contributed by atoms with E-state index < -0.39 is 17.2 Å². The van der Waals surface area contributed by atoms with Gasteiger partial charge in [-0.1, -0.05) is 6.92 Å². The molecule has 0 aliphatic rings. The molecule has 1 heterocycles. The maximum Gasteiger partial charge on any atom is 0.258 e. The summed E-state index contributed by atoms with van der Waals surface area (Å²) in [6.45, 7) is 1.98. The van der Waals surface area contributed by atoms with E-state index in [1.54, 1.807) is 11.8 Å². The summed E-state index contributed by atoms with van der Waals surface area (Å²) < 4.78 is 26.0. The molecule has 2 aromatic rings. The summed E-state index contributed by atoms with van der Waals surface area (Å²) >= 11 is 1.59. The number of nitrogens with zero attached hydrogens (tertiary/aromatic N) is 1. The predicted molar refractivity (Wildman–Crippen MR) is 64.1 cm³/mol. The number of aromatic amines is 1. The highest BCUT2D eigenvalue weighted by atomic mass is 32.2. The van der Waals surface area contributed by atoms with Crippen LogP contribution in [0.5, 0.6) is 0 Å². The Balaban J connectivity index is 2.57. The predicted octanol–water partition coefficient (Wildman–Crippen LogP) is 2.45. The fourth-order valence-corrected chi connectivity index (χ4v) is 1.98. The summed E-state index contributed by atoms with van der Waals surface area (Å²) in [6, 6.07) is 1.81. The van der Waals surface area contributed by atoms with Crippen molar-refractivity contribution >= 4 is 22.7 Å². The number of hydrogen-bond acceptors (Lipinski definition) is 3. The maximum absolute atomic E-state index is 13.0. The Labute approximate surface area is 100 Å². The molecule has 0 amide bonds. The van der Waals surface area contributed by atoms with E-state index in [0.717, 1.165) is 17.9 Å². The van der Waals surface area contributed by atoms with Crippen molar-refractivity contribution in [3.05, 3.63) is 39.9 Å². The first-order chi connectivity index (χ1) is 8.11. The standard InChI is InChI=1S/C11H10F2N2OS/c1-2-17-5-10-14-9-4-8(13)7(12)3-6(9)11(16)15-10/h3-4H,2,5H2,1H3,(H,14,15,16). The van der Waals surface area contributed by atoms with Gasteiger partial charge in [0, 0.05) is 6.07 Å². The molecule has 90 valence electrons. The molecule has 1 aromatic carbocycles. The van der Waals surface area contributed by atoms with Crippen molar-refractivity contribution in [1.82, 2.24) is 9.97 Å². The molecule has 6 heteroatoms. The molecule has 0 saturated carbocycles. The summed E-state index contributed by atoms with van der Waals surface area (Å²) in [6.07, 6.45) is 0. The number of nitrogens with one attached hydrogen (secondary N) is 1. The Morgan fingerprint density at radius 3 is 2.76 bits per heavy atom. The van der Waals surface area contributed by atoms with Gasteiger partial charge in [-0.05, 0) is 11.8 Å². The molecular formula is C11H10F2N2OS. The number of thioether (sulfide) groups is 1. The molecule has 1 N–H and O–H groups in total. The van der Waals surface area contributed by atoms with Gasteiger partial charge in [0.1, 0.15) is 5.82 Å². The summed E-state index contributed by atoms with van der Waals surface area (Å²) in [4.78, 5) is 18.3. The molecule has 1 aromatic heterocycles. The van der Waals surface area contributed by atoms with Crippen LogP contribution in [0.25, 0.3) is 10.9 Å². The van der Waals surface area contributed by atoms with Crippen molar-refractivity contribution in [2.75, 3.05) is 5.75 Å². The van der Waals surface area contributed by atoms with Crippen LogP contribution in [0.3, 0.4) is 0 Å². The number of halogens is 2. The zero-order valence-electron chi connectivity index (χ0n) is 9.09. The Kier molecular flexibility index (Phi) is 3.42. The largest absolute Gasteiger partial charge is 0.309 e. The van der Waals surface area contributed by atoms with E-state index in [2.05, 4.69) is 9.97 Å². The second-order valence-electron chi connectivity index (χ2n) is 3.43. The molecule has 2 rings (SSSR count). The van der Waals surface area contributed by atoms with Crippen LogP contribution in [0.4, 0.5) is 8.78 Å². The fraction of sp³-hybridized carbons (Fsp3) is 0.273. The van der Waals surface area contributed by atoms with Crippen molar-refractivity contribution in [2.45, 2.75) is 12.7 Å². The van der Waals surface area contributed by atoms with Crippen LogP contribution in [0, 0.1) is 11.6 Å². The van der Waals surface area contributed by atoms with Gasteiger partial charge in [0.2, 0.25) is 0 Å².